The lowest BCUT2D eigenvalue weighted by atomic mass is 10.2. The normalized spacial score (nSPS) is 11.6. The SMILES string of the molecule is Fc1cc(Oc2c(F)cc(C(F)(F)F)cc2F)ccc1Br. The number of hydrogen-bond donors (Lipinski definition) is 0. The summed E-state index contributed by atoms with van der Waals surface area (Å²) in [5.41, 5.74) is -1.48. The number of halogens is 7. The van der Waals surface area contributed by atoms with Gasteiger partial charge in [0.15, 0.2) is 17.4 Å². The summed E-state index contributed by atoms with van der Waals surface area (Å²) >= 11 is 2.87. The largest absolute Gasteiger partial charge is 0.451 e. The molecule has 2 aromatic carbocycles. The summed E-state index contributed by atoms with van der Waals surface area (Å²) in [6.07, 6.45) is -4.88. The molecular formula is C13H5BrF6O. The number of hydrogen-bond acceptors (Lipinski definition) is 1. The van der Waals surface area contributed by atoms with Crippen LogP contribution in [-0.4, -0.2) is 0 Å². The highest BCUT2D eigenvalue weighted by atomic mass is 79.9. The molecule has 0 atom stereocenters. The predicted octanol–water partition coefficient (Wildman–Crippen LogP) is 5.68. The Morgan fingerprint density at radius 1 is 0.857 bits per heavy atom. The highest BCUT2D eigenvalue weighted by Gasteiger charge is 2.33. The Morgan fingerprint density at radius 2 is 1.43 bits per heavy atom. The lowest BCUT2D eigenvalue weighted by Crippen LogP contribution is -2.07. The standard InChI is InChI=1S/C13H5BrF6O/c14-8-2-1-7(5-9(8)15)21-12-10(16)3-6(4-11(12)17)13(18,19)20/h1-5H. The first-order chi connectivity index (χ1) is 9.68. The maximum Gasteiger partial charge on any atom is 0.416 e. The molecule has 0 N–H and O–H groups in total. The summed E-state index contributed by atoms with van der Waals surface area (Å²) < 4.78 is 82.3. The summed E-state index contributed by atoms with van der Waals surface area (Å²) in [7, 11) is 0. The van der Waals surface area contributed by atoms with Crippen LogP contribution in [0.5, 0.6) is 11.5 Å². The quantitative estimate of drug-likeness (QED) is 0.618. The zero-order valence-corrected chi connectivity index (χ0v) is 11.5. The molecule has 0 saturated carbocycles. The molecule has 0 aliphatic heterocycles. The van der Waals surface area contributed by atoms with E-state index in [1.54, 1.807) is 0 Å². The van der Waals surface area contributed by atoms with E-state index >= 15 is 0 Å². The minimum absolute atomic E-state index is 0.100. The van der Waals surface area contributed by atoms with Crippen LogP contribution in [0.15, 0.2) is 34.8 Å². The third-order valence-electron chi connectivity index (χ3n) is 2.44. The first-order valence-electron chi connectivity index (χ1n) is 5.37. The van der Waals surface area contributed by atoms with E-state index in [4.69, 9.17) is 4.74 Å². The Labute approximate surface area is 123 Å². The van der Waals surface area contributed by atoms with Crippen molar-refractivity contribution in [3.63, 3.8) is 0 Å². The molecule has 2 aromatic rings. The molecule has 0 amide bonds. The molecule has 0 bridgehead atoms. The maximum atomic E-state index is 13.5. The van der Waals surface area contributed by atoms with Crippen molar-refractivity contribution >= 4 is 15.9 Å². The summed E-state index contributed by atoms with van der Waals surface area (Å²) in [5, 5.41) is 0. The van der Waals surface area contributed by atoms with Gasteiger partial charge in [-0.05, 0) is 40.2 Å². The fourth-order valence-electron chi connectivity index (χ4n) is 1.48. The Kier molecular flexibility index (Phi) is 4.18. The zero-order chi connectivity index (χ0) is 15.8. The molecular weight excluding hydrogens is 366 g/mol. The molecule has 2 rings (SSSR count). The second kappa shape index (κ2) is 5.59. The lowest BCUT2D eigenvalue weighted by Gasteiger charge is -2.11. The minimum atomic E-state index is -4.88. The predicted molar refractivity (Wildman–Crippen MR) is 65.5 cm³/mol. The first-order valence-corrected chi connectivity index (χ1v) is 6.17. The van der Waals surface area contributed by atoms with E-state index in [-0.39, 0.29) is 22.4 Å². The summed E-state index contributed by atoms with van der Waals surface area (Å²) in [6, 6.07) is 3.47. The molecule has 0 saturated heterocycles. The topological polar surface area (TPSA) is 9.23 Å². The van der Waals surface area contributed by atoms with Gasteiger partial charge in [0.1, 0.15) is 11.6 Å². The summed E-state index contributed by atoms with van der Waals surface area (Å²) in [4.78, 5) is 0. The van der Waals surface area contributed by atoms with Gasteiger partial charge in [-0.15, -0.1) is 0 Å². The fraction of sp³-hybridized carbons (Fsp3) is 0.0769. The van der Waals surface area contributed by atoms with E-state index in [1.807, 2.05) is 0 Å². The van der Waals surface area contributed by atoms with Crippen molar-refractivity contribution < 1.29 is 31.1 Å². The van der Waals surface area contributed by atoms with E-state index in [2.05, 4.69) is 15.9 Å². The second-order valence-corrected chi connectivity index (χ2v) is 4.80. The molecule has 0 fully saturated rings. The average molecular weight is 371 g/mol. The highest BCUT2D eigenvalue weighted by molar-refractivity contribution is 9.10. The van der Waals surface area contributed by atoms with Crippen LogP contribution in [0.4, 0.5) is 26.3 Å². The van der Waals surface area contributed by atoms with E-state index in [0.29, 0.717) is 0 Å². The molecule has 0 unspecified atom stereocenters. The maximum absolute atomic E-state index is 13.5. The van der Waals surface area contributed by atoms with Crippen molar-refractivity contribution in [2.45, 2.75) is 6.18 Å². The van der Waals surface area contributed by atoms with Crippen LogP contribution in [0, 0.1) is 17.5 Å². The van der Waals surface area contributed by atoms with Gasteiger partial charge in [0.2, 0.25) is 0 Å². The van der Waals surface area contributed by atoms with Crippen molar-refractivity contribution in [2.75, 3.05) is 0 Å². The molecule has 1 nitrogen and oxygen atoms in total. The number of benzene rings is 2. The fourth-order valence-corrected chi connectivity index (χ4v) is 1.73. The van der Waals surface area contributed by atoms with Crippen LogP contribution in [-0.2, 0) is 6.18 Å². The summed E-state index contributed by atoms with van der Waals surface area (Å²) in [5.74, 6) is -5.12. The van der Waals surface area contributed by atoms with Gasteiger partial charge in [0.05, 0.1) is 10.0 Å². The molecule has 0 aromatic heterocycles. The lowest BCUT2D eigenvalue weighted by molar-refractivity contribution is -0.138. The molecule has 112 valence electrons. The van der Waals surface area contributed by atoms with Gasteiger partial charge in [0.25, 0.3) is 0 Å². The van der Waals surface area contributed by atoms with Crippen molar-refractivity contribution in [2.24, 2.45) is 0 Å². The average Bonchev–Trinajstić information content (AvgIpc) is 2.36. The molecule has 0 aliphatic carbocycles. The Morgan fingerprint density at radius 3 is 1.90 bits per heavy atom. The molecule has 0 heterocycles. The van der Waals surface area contributed by atoms with Gasteiger partial charge < -0.3 is 4.74 Å². The first kappa shape index (κ1) is 15.7. The molecule has 0 spiro atoms. The Balaban J connectivity index is 2.39. The van der Waals surface area contributed by atoms with Gasteiger partial charge >= 0.3 is 6.18 Å². The molecule has 8 heteroatoms. The highest BCUT2D eigenvalue weighted by Crippen LogP contribution is 2.35. The van der Waals surface area contributed by atoms with Crippen LogP contribution in [0.1, 0.15) is 5.56 Å². The van der Waals surface area contributed by atoms with Crippen molar-refractivity contribution in [3.05, 3.63) is 57.8 Å². The van der Waals surface area contributed by atoms with Crippen molar-refractivity contribution in [1.29, 1.82) is 0 Å². The molecule has 0 aliphatic rings. The Bertz CT molecular complexity index is 660. The molecule has 0 radical (unpaired) electrons. The van der Waals surface area contributed by atoms with Gasteiger partial charge in [-0.3, -0.25) is 0 Å². The van der Waals surface area contributed by atoms with Crippen molar-refractivity contribution in [1.82, 2.24) is 0 Å². The van der Waals surface area contributed by atoms with E-state index in [1.165, 1.54) is 12.1 Å². The third kappa shape index (κ3) is 3.49. The zero-order valence-electron chi connectivity index (χ0n) is 9.94. The smallest absolute Gasteiger partial charge is 0.416 e. The van der Waals surface area contributed by atoms with Gasteiger partial charge in [-0.25, -0.2) is 13.2 Å². The number of rotatable bonds is 2. The van der Waals surface area contributed by atoms with Gasteiger partial charge in [0, 0.05) is 6.07 Å². The van der Waals surface area contributed by atoms with Crippen LogP contribution in [0.25, 0.3) is 0 Å². The Hall–Kier alpha value is -1.70. The second-order valence-electron chi connectivity index (χ2n) is 3.94. The van der Waals surface area contributed by atoms with E-state index in [9.17, 15) is 26.3 Å². The van der Waals surface area contributed by atoms with Crippen molar-refractivity contribution in [3.8, 4) is 11.5 Å². The molecule has 21 heavy (non-hydrogen) atoms. The number of ether oxygens (including phenoxy) is 1. The van der Waals surface area contributed by atoms with Gasteiger partial charge in [-0.1, -0.05) is 0 Å². The van der Waals surface area contributed by atoms with Gasteiger partial charge in [-0.2, -0.15) is 13.2 Å². The summed E-state index contributed by atoms with van der Waals surface area (Å²) in [6.45, 7) is 0. The van der Waals surface area contributed by atoms with E-state index < -0.39 is 34.9 Å². The van der Waals surface area contributed by atoms with Crippen LogP contribution in [0.3, 0.4) is 0 Å². The third-order valence-corrected chi connectivity index (χ3v) is 3.08. The van der Waals surface area contributed by atoms with Crippen LogP contribution < -0.4 is 4.74 Å². The van der Waals surface area contributed by atoms with Crippen LogP contribution >= 0.6 is 15.9 Å². The monoisotopic (exact) mass is 370 g/mol. The number of alkyl halides is 3. The van der Waals surface area contributed by atoms with Crippen LogP contribution in [0.2, 0.25) is 0 Å². The minimum Gasteiger partial charge on any atom is -0.451 e. The van der Waals surface area contributed by atoms with E-state index in [0.717, 1.165) is 6.07 Å².